The molecular weight excluding hydrogens is 398 g/mol. The highest BCUT2D eigenvalue weighted by Gasteiger charge is 2.33. The molecule has 6 nitrogen and oxygen atoms in total. The Balaban J connectivity index is 1.54. The summed E-state index contributed by atoms with van der Waals surface area (Å²) in [5.41, 5.74) is 13.0. The van der Waals surface area contributed by atoms with Crippen LogP contribution in [0.15, 0.2) is 67.0 Å². The smallest absolute Gasteiger partial charge is 0.150 e. The second-order valence-corrected chi connectivity index (χ2v) is 8.59. The molecule has 0 amide bonds. The molecule has 3 N–H and O–H groups in total. The second-order valence-electron chi connectivity index (χ2n) is 8.59. The van der Waals surface area contributed by atoms with Crippen molar-refractivity contribution in [3.8, 4) is 22.5 Å². The Hall–Kier alpha value is -3.77. The van der Waals surface area contributed by atoms with E-state index in [-0.39, 0.29) is 12.0 Å². The lowest BCUT2D eigenvalue weighted by Gasteiger charge is -2.30. The highest BCUT2D eigenvalue weighted by molar-refractivity contribution is 5.92. The number of anilines is 1. The van der Waals surface area contributed by atoms with E-state index in [1.807, 2.05) is 28.8 Å². The van der Waals surface area contributed by atoms with Crippen LogP contribution in [0.4, 0.5) is 5.82 Å². The van der Waals surface area contributed by atoms with E-state index in [9.17, 15) is 5.11 Å². The van der Waals surface area contributed by atoms with Gasteiger partial charge in [0.15, 0.2) is 0 Å². The van der Waals surface area contributed by atoms with Gasteiger partial charge < -0.3 is 10.8 Å². The van der Waals surface area contributed by atoms with Gasteiger partial charge >= 0.3 is 0 Å². The third-order valence-electron chi connectivity index (χ3n) is 6.45. The SMILES string of the molecule is Cc1cc(-c2ccccc2)nc2cc(-c3nc([C@H]4C[C@@H](O)C4)n4ccnc(N)c34)ccc12. The molecule has 32 heavy (non-hydrogen) atoms. The van der Waals surface area contributed by atoms with Crippen LogP contribution in [0, 0.1) is 6.92 Å². The van der Waals surface area contributed by atoms with E-state index in [0.29, 0.717) is 5.82 Å². The molecule has 0 aliphatic heterocycles. The number of imidazole rings is 1. The summed E-state index contributed by atoms with van der Waals surface area (Å²) in [5.74, 6) is 1.60. The molecule has 0 unspecified atom stereocenters. The predicted molar refractivity (Wildman–Crippen MR) is 126 cm³/mol. The van der Waals surface area contributed by atoms with Crippen molar-refractivity contribution in [1.29, 1.82) is 0 Å². The van der Waals surface area contributed by atoms with Crippen molar-refractivity contribution < 1.29 is 5.11 Å². The first-order valence-corrected chi connectivity index (χ1v) is 10.9. The van der Waals surface area contributed by atoms with Crippen molar-refractivity contribution in [2.75, 3.05) is 5.73 Å². The van der Waals surface area contributed by atoms with E-state index in [2.05, 4.69) is 48.3 Å². The number of pyridine rings is 1. The average molecular weight is 422 g/mol. The van der Waals surface area contributed by atoms with Crippen LogP contribution < -0.4 is 5.73 Å². The molecule has 1 aliphatic rings. The minimum absolute atomic E-state index is 0.221. The standard InChI is InChI=1S/C26H23N5O/c1-15-11-21(16-5-3-2-4-6-16)29-22-14-17(7-8-20(15)22)23-24-25(27)28-9-10-31(24)26(30-23)18-12-19(32)13-18/h2-11,14,18-19,32H,12-13H2,1H3,(H2,27,28)/t18-,19+. The third kappa shape index (κ3) is 2.95. The summed E-state index contributed by atoms with van der Waals surface area (Å²) in [7, 11) is 0. The van der Waals surface area contributed by atoms with E-state index in [0.717, 1.165) is 57.6 Å². The number of hydrogen-bond donors (Lipinski definition) is 2. The van der Waals surface area contributed by atoms with E-state index in [1.165, 1.54) is 5.56 Å². The summed E-state index contributed by atoms with van der Waals surface area (Å²) >= 11 is 0. The molecule has 0 radical (unpaired) electrons. The number of aliphatic hydroxyl groups is 1. The second kappa shape index (κ2) is 7.14. The normalized spacial score (nSPS) is 18.2. The summed E-state index contributed by atoms with van der Waals surface area (Å²) in [6.45, 7) is 2.12. The fraction of sp³-hybridized carbons (Fsp3) is 0.192. The van der Waals surface area contributed by atoms with Crippen molar-refractivity contribution in [3.63, 3.8) is 0 Å². The largest absolute Gasteiger partial charge is 0.393 e. The predicted octanol–water partition coefficient (Wildman–Crippen LogP) is 4.74. The van der Waals surface area contributed by atoms with Gasteiger partial charge in [0.05, 0.1) is 17.3 Å². The van der Waals surface area contributed by atoms with Gasteiger partial charge in [-0.05, 0) is 37.5 Å². The molecule has 1 fully saturated rings. The maximum Gasteiger partial charge on any atom is 0.150 e. The number of fused-ring (bicyclic) bond motifs is 2. The summed E-state index contributed by atoms with van der Waals surface area (Å²) in [4.78, 5) is 14.3. The molecule has 2 aromatic carbocycles. The first-order valence-electron chi connectivity index (χ1n) is 10.9. The van der Waals surface area contributed by atoms with Gasteiger partial charge in [-0.15, -0.1) is 0 Å². The minimum Gasteiger partial charge on any atom is -0.393 e. The van der Waals surface area contributed by atoms with E-state index >= 15 is 0 Å². The molecule has 6 heteroatoms. The molecule has 5 aromatic rings. The van der Waals surface area contributed by atoms with Gasteiger partial charge in [0.2, 0.25) is 0 Å². The lowest BCUT2D eigenvalue weighted by molar-refractivity contribution is 0.0715. The Morgan fingerprint density at radius 2 is 1.81 bits per heavy atom. The van der Waals surface area contributed by atoms with Crippen LogP contribution in [0.5, 0.6) is 0 Å². The van der Waals surface area contributed by atoms with Crippen LogP contribution in [0.1, 0.15) is 30.1 Å². The molecule has 6 rings (SSSR count). The Labute approximate surface area is 185 Å². The van der Waals surface area contributed by atoms with E-state index < -0.39 is 0 Å². The van der Waals surface area contributed by atoms with Crippen molar-refractivity contribution in [3.05, 3.63) is 78.4 Å². The molecule has 3 heterocycles. The number of aryl methyl sites for hydroxylation is 1. The Morgan fingerprint density at radius 1 is 1.00 bits per heavy atom. The topological polar surface area (TPSA) is 89.3 Å². The zero-order valence-corrected chi connectivity index (χ0v) is 17.7. The summed E-state index contributed by atoms with van der Waals surface area (Å²) in [5, 5.41) is 10.9. The molecule has 0 atom stereocenters. The first kappa shape index (κ1) is 19.0. The van der Waals surface area contributed by atoms with Gasteiger partial charge in [-0.3, -0.25) is 4.40 Å². The number of nitrogens with two attached hydrogens (primary N) is 1. The minimum atomic E-state index is -0.251. The number of nitrogen functional groups attached to an aromatic ring is 1. The third-order valence-corrected chi connectivity index (χ3v) is 6.45. The summed E-state index contributed by atoms with van der Waals surface area (Å²) < 4.78 is 2.03. The van der Waals surface area contributed by atoms with Crippen molar-refractivity contribution >= 4 is 22.2 Å². The Morgan fingerprint density at radius 3 is 2.59 bits per heavy atom. The highest BCUT2D eigenvalue weighted by atomic mass is 16.3. The molecular formula is C26H23N5O. The van der Waals surface area contributed by atoms with Crippen LogP contribution in [0.3, 0.4) is 0 Å². The van der Waals surface area contributed by atoms with Gasteiger partial charge in [-0.1, -0.05) is 42.5 Å². The fourth-order valence-corrected chi connectivity index (χ4v) is 4.68. The van der Waals surface area contributed by atoms with Gasteiger partial charge in [-0.25, -0.2) is 15.0 Å². The van der Waals surface area contributed by atoms with Crippen LogP contribution in [0.2, 0.25) is 0 Å². The van der Waals surface area contributed by atoms with E-state index in [4.69, 9.17) is 15.7 Å². The molecule has 0 saturated heterocycles. The number of rotatable bonds is 3. The highest BCUT2D eigenvalue weighted by Crippen LogP contribution is 2.40. The van der Waals surface area contributed by atoms with Gasteiger partial charge in [0.25, 0.3) is 0 Å². The van der Waals surface area contributed by atoms with Crippen LogP contribution in [0.25, 0.3) is 38.9 Å². The number of aromatic nitrogens is 4. The molecule has 3 aromatic heterocycles. The maximum atomic E-state index is 9.81. The molecule has 158 valence electrons. The first-order chi connectivity index (χ1) is 15.6. The molecule has 1 saturated carbocycles. The zero-order chi connectivity index (χ0) is 21.8. The van der Waals surface area contributed by atoms with Crippen LogP contribution in [-0.4, -0.2) is 30.6 Å². The lowest BCUT2D eigenvalue weighted by atomic mass is 9.82. The number of aliphatic hydroxyl groups excluding tert-OH is 1. The fourth-order valence-electron chi connectivity index (χ4n) is 4.68. The van der Waals surface area contributed by atoms with E-state index in [1.54, 1.807) is 6.20 Å². The Kier molecular flexibility index (Phi) is 4.23. The number of nitrogens with zero attached hydrogens (tertiary/aromatic N) is 4. The summed E-state index contributed by atoms with van der Waals surface area (Å²) in [6, 6.07) is 18.6. The maximum absolute atomic E-state index is 9.81. The van der Waals surface area contributed by atoms with Crippen molar-refractivity contribution in [2.45, 2.75) is 31.8 Å². The van der Waals surface area contributed by atoms with Crippen LogP contribution in [-0.2, 0) is 0 Å². The van der Waals surface area contributed by atoms with Crippen molar-refractivity contribution in [2.24, 2.45) is 0 Å². The zero-order valence-electron chi connectivity index (χ0n) is 17.7. The van der Waals surface area contributed by atoms with Crippen molar-refractivity contribution in [1.82, 2.24) is 19.4 Å². The number of benzene rings is 2. The van der Waals surface area contributed by atoms with Gasteiger partial charge in [-0.2, -0.15) is 0 Å². The number of hydrogen-bond acceptors (Lipinski definition) is 5. The molecule has 1 aliphatic carbocycles. The summed E-state index contributed by atoms with van der Waals surface area (Å²) in [6.07, 6.45) is 4.79. The lowest BCUT2D eigenvalue weighted by Crippen LogP contribution is -2.27. The molecule has 0 bridgehead atoms. The van der Waals surface area contributed by atoms with Gasteiger partial charge in [0, 0.05) is 34.8 Å². The average Bonchev–Trinajstić information content (AvgIpc) is 3.18. The quantitative estimate of drug-likeness (QED) is 0.439. The Bertz CT molecular complexity index is 1470. The monoisotopic (exact) mass is 421 g/mol. The van der Waals surface area contributed by atoms with Crippen LogP contribution >= 0.6 is 0 Å². The molecule has 0 spiro atoms. The van der Waals surface area contributed by atoms with Gasteiger partial charge in [0.1, 0.15) is 22.9 Å².